The Labute approximate surface area is 551 Å². The van der Waals surface area contributed by atoms with E-state index in [2.05, 4.69) is 0 Å². The molecule has 0 rings (SSSR count). The van der Waals surface area contributed by atoms with E-state index in [1.54, 1.807) is 0 Å². The molecule has 0 amide bonds. The van der Waals surface area contributed by atoms with Crippen molar-refractivity contribution in [2.45, 2.75) is 36.9 Å². The molecule has 0 spiro atoms. The van der Waals surface area contributed by atoms with Crippen LogP contribution in [-0.2, 0) is 67.1 Å². The molecule has 0 aromatic heterocycles. The zero-order valence-electron chi connectivity index (χ0n) is 47.3. The van der Waals surface area contributed by atoms with E-state index in [1.807, 2.05) is 0 Å². The van der Waals surface area contributed by atoms with Gasteiger partial charge in [0, 0.05) is 128 Å². The van der Waals surface area contributed by atoms with Crippen molar-refractivity contribution in [3.8, 4) is 0 Å². The van der Waals surface area contributed by atoms with Crippen molar-refractivity contribution in [1.29, 1.82) is 0 Å². The number of quaternary nitrogens is 8. The average molecular weight is 1560 g/mol. The van der Waals surface area contributed by atoms with Crippen molar-refractivity contribution in [1.82, 2.24) is 68.8 Å². The number of carboxylic acids is 14. The van der Waals surface area contributed by atoms with E-state index in [0.29, 0.717) is 0 Å². The van der Waals surface area contributed by atoms with E-state index < -0.39 is 173 Å². The zero-order valence-corrected chi connectivity index (χ0v) is 53.6. The summed E-state index contributed by atoms with van der Waals surface area (Å²) in [5.41, 5.74) is -5.95. The van der Waals surface area contributed by atoms with Crippen LogP contribution in [0.5, 0.6) is 0 Å². The van der Waals surface area contributed by atoms with Gasteiger partial charge in [-0.3, -0.25) is 19.6 Å². The van der Waals surface area contributed by atoms with Crippen LogP contribution in [0.3, 0.4) is 0 Å². The molecule has 0 heterocycles. The van der Waals surface area contributed by atoms with Crippen molar-refractivity contribution in [3.63, 3.8) is 0 Å². The first-order valence-electron chi connectivity index (χ1n) is 17.1. The fraction of sp³-hybridized carbons (Fsp3) is 0.562. The molecule has 0 aliphatic rings. The summed E-state index contributed by atoms with van der Waals surface area (Å²) in [5, 5.41) is 161. The Morgan fingerprint density at radius 3 is 0.395 bits per heavy atom. The summed E-state index contributed by atoms with van der Waals surface area (Å²) >= 11 is 0. The number of carbonyl (C=O) groups is 14. The Kier molecular flexibility index (Phi) is 155. The third-order valence-corrected chi connectivity index (χ3v) is 6.79. The fourth-order valence-electron chi connectivity index (χ4n) is 4.25. The second-order valence-electron chi connectivity index (χ2n) is 12.7. The van der Waals surface area contributed by atoms with Gasteiger partial charge in [0.05, 0.1) is 59.7 Å². The van der Waals surface area contributed by atoms with Gasteiger partial charge in [-0.2, -0.15) is 0 Å². The van der Waals surface area contributed by atoms with Gasteiger partial charge in [-0.05, 0) is 0 Å². The van der Waals surface area contributed by atoms with Crippen LogP contribution in [0.25, 0.3) is 0 Å². The first kappa shape index (κ1) is 159. The monoisotopic (exact) mass is 1560 g/mol. The third-order valence-electron chi connectivity index (χ3n) is 6.79. The molecule has 52 nitrogen and oxygen atoms in total. The van der Waals surface area contributed by atoms with E-state index in [0.717, 1.165) is 19.6 Å². The first-order chi connectivity index (χ1) is 30.0. The molecule has 0 aliphatic carbocycles. The van der Waals surface area contributed by atoms with Crippen molar-refractivity contribution in [2.24, 2.45) is 0 Å². The Morgan fingerprint density at radius 2 is 0.337 bits per heavy atom. The molecule has 0 radical (unpaired) electrons. The SMILES string of the molecule is O.O.O.O.O.O.O.O.O=C([O-])CC(O)(CC(=O)[O-])C(=O)[O-].O=C([O-])CC(O)(CC(=O)[O-])C(=O)[O-].O=C([O-])CN(CCN(CC(=O)[O-])CC(=O)[O-])CC(=O)[O-].O=C([O-])CN(CCN(CC(=O)[O-])CC(=O)[O-])CC(=O)[O-].[Ce+4].[Ce+4].[NH4+].[NH4+].[NH4+].[NH4+].[NH4+].[NH4+].[NH4+].[NH4+].[OH-].[OH-]. The number of nitrogens with zero attached hydrogens (tertiary/aromatic N) is 4. The van der Waals surface area contributed by atoms with Crippen molar-refractivity contribution in [3.05, 3.63) is 0 Å². The topological polar surface area (TPSA) is 1220 Å². The Bertz CT molecular complexity index is 1510. The number of hydrogen-bond donors (Lipinski definition) is 10. The molecular weight excluding hydrogens is 1470 g/mol. The molecule has 0 fully saturated rings. The van der Waals surface area contributed by atoms with Crippen LogP contribution < -0.4 is 121 Å². The molecule has 54 heteroatoms. The summed E-state index contributed by atoms with van der Waals surface area (Å²) in [6.45, 7) is -6.50. The molecule has 0 aliphatic heterocycles. The van der Waals surface area contributed by atoms with Gasteiger partial charge in [-0.15, -0.1) is 0 Å². The Hall–Kier alpha value is -5.63. The number of aliphatic hydroxyl groups is 2. The van der Waals surface area contributed by atoms with Gasteiger partial charge in [0.25, 0.3) is 0 Å². The predicted molar refractivity (Wildman–Crippen MR) is 245 cm³/mol. The molecule has 0 saturated carbocycles. The fourth-order valence-corrected chi connectivity index (χ4v) is 4.25. The largest absolute Gasteiger partial charge is 4.00 e. The molecule has 0 unspecified atom stereocenters. The second kappa shape index (κ2) is 83.6. The van der Waals surface area contributed by atoms with Crippen LogP contribution >= 0.6 is 0 Å². The van der Waals surface area contributed by atoms with Crippen molar-refractivity contribution < 1.29 is 287 Å². The molecule has 0 bridgehead atoms. The summed E-state index contributed by atoms with van der Waals surface area (Å²) in [6.07, 6.45) is -5.43. The van der Waals surface area contributed by atoms with Gasteiger partial charge in [0.2, 0.25) is 0 Å². The molecule has 0 aromatic rings. The molecule has 520 valence electrons. The molecule has 86 heavy (non-hydrogen) atoms. The van der Waals surface area contributed by atoms with Crippen LogP contribution in [0.4, 0.5) is 0 Å². The Morgan fingerprint density at radius 1 is 0.244 bits per heavy atom. The molecule has 0 aromatic carbocycles. The maximum atomic E-state index is 10.4. The molecule has 0 saturated heterocycles. The van der Waals surface area contributed by atoms with E-state index in [1.165, 1.54) is 0 Å². The third kappa shape index (κ3) is 100. The first-order valence-corrected chi connectivity index (χ1v) is 17.1. The molecular formula is C32H84Ce2N12O40. The number of hydrogen-bond acceptors (Lipinski definition) is 36. The minimum Gasteiger partial charge on any atom is -0.870 e. The van der Waals surface area contributed by atoms with Gasteiger partial charge in [0.15, 0.2) is 0 Å². The number of rotatable bonds is 32. The smallest absolute Gasteiger partial charge is 0.870 e. The van der Waals surface area contributed by atoms with E-state index in [-0.39, 0.29) is 214 Å². The van der Waals surface area contributed by atoms with E-state index in [4.69, 9.17) is 10.2 Å². The summed E-state index contributed by atoms with van der Waals surface area (Å²) in [6, 6.07) is 0. The summed E-state index contributed by atoms with van der Waals surface area (Å²) < 4.78 is 0. The normalized spacial score (nSPS) is 8.26. The van der Waals surface area contributed by atoms with Crippen LogP contribution in [-0.4, -0.2) is 258 Å². The van der Waals surface area contributed by atoms with Crippen molar-refractivity contribution in [2.75, 3.05) is 78.5 Å². The van der Waals surface area contributed by atoms with Gasteiger partial charge in [0.1, 0.15) is 11.2 Å². The summed E-state index contributed by atoms with van der Waals surface area (Å²) in [5.74, 6) is -24.2. The maximum Gasteiger partial charge on any atom is 4.00 e. The quantitative estimate of drug-likeness (QED) is 0.0299. The maximum absolute atomic E-state index is 10.4. The summed E-state index contributed by atoms with van der Waals surface area (Å²) in [7, 11) is 0. The summed E-state index contributed by atoms with van der Waals surface area (Å²) in [4.78, 5) is 147. The minimum absolute atomic E-state index is 0. The van der Waals surface area contributed by atoms with Gasteiger partial charge < -0.3 is 253 Å². The van der Waals surface area contributed by atoms with Crippen LogP contribution in [0.1, 0.15) is 25.7 Å². The average Bonchev–Trinajstić information content (AvgIpc) is 3.06. The Balaban J connectivity index is -0.0000000255. The van der Waals surface area contributed by atoms with E-state index in [9.17, 15) is 139 Å². The van der Waals surface area contributed by atoms with Crippen LogP contribution in [0, 0.1) is 83.5 Å². The van der Waals surface area contributed by atoms with E-state index >= 15 is 0 Å². The number of carbonyl (C=O) groups excluding carboxylic acids is 14. The number of aliphatic carboxylic acids is 14. The zero-order chi connectivity index (χ0) is 52.7. The van der Waals surface area contributed by atoms with Gasteiger partial charge in [-0.25, -0.2) is 0 Å². The van der Waals surface area contributed by atoms with Gasteiger partial charge >= 0.3 is 83.5 Å². The van der Waals surface area contributed by atoms with Crippen LogP contribution in [0.2, 0.25) is 0 Å². The second-order valence-corrected chi connectivity index (χ2v) is 12.7. The minimum atomic E-state index is -2.97. The van der Waals surface area contributed by atoms with Gasteiger partial charge in [-0.1, -0.05) is 0 Å². The molecule has 0 atom stereocenters. The standard InChI is InChI=1S/2C10H16N2O8.2C6H8O7.2Ce.8H3N.10H2O/c2*13-7(14)3-11(4-8(15)16)1-2-12(5-9(17)18)6-10(19)20;2*7-3(8)1-6(13,5(11)12)2-4(9)10;;;;;;;;;;;;;;;;;;;;/h2*1-6H2,(H,13,14)(H,15,16)(H,17,18)(H,19,20);2*13H,1-2H2,(H,7,8)(H,9,10)(H,11,12);;;8*1H3;10*1H2/q;;;;2*+4;;;;;;;;;;;;;;;;;;/p-8. The molecule has 52 N–H and O–H groups in total. The van der Waals surface area contributed by atoms with Crippen LogP contribution in [0.15, 0.2) is 0 Å². The predicted octanol–water partition coefficient (Wildman–Crippen LogP) is -29.3. The van der Waals surface area contributed by atoms with Crippen molar-refractivity contribution >= 4 is 83.6 Å². The number of carboxylic acid groups (broad SMARTS) is 14.